The first-order valence-electron chi connectivity index (χ1n) is 10.8. The van der Waals surface area contributed by atoms with Gasteiger partial charge in [-0.3, -0.25) is 14.2 Å². The first kappa shape index (κ1) is 25.5. The normalized spacial score (nSPS) is 11.6. The van der Waals surface area contributed by atoms with Gasteiger partial charge in [0.1, 0.15) is 42.3 Å². The summed E-state index contributed by atoms with van der Waals surface area (Å²) >= 11 is 0. The number of aromatic nitrogens is 2. The Bertz CT molecular complexity index is 1210. The number of nitrogens with two attached hydrogens (primary N) is 1. The van der Waals surface area contributed by atoms with Gasteiger partial charge < -0.3 is 35.5 Å². The first-order valence-corrected chi connectivity index (χ1v) is 10.8. The van der Waals surface area contributed by atoms with Gasteiger partial charge in [-0.1, -0.05) is 0 Å². The molecule has 3 aromatic rings. The van der Waals surface area contributed by atoms with E-state index in [0.717, 1.165) is 0 Å². The van der Waals surface area contributed by atoms with Crippen LogP contribution < -0.4 is 30.8 Å². The van der Waals surface area contributed by atoms with Crippen LogP contribution in [0.5, 0.6) is 29.0 Å². The summed E-state index contributed by atoms with van der Waals surface area (Å²) in [5.41, 5.74) is 5.53. The van der Waals surface area contributed by atoms with Crippen molar-refractivity contribution in [3.63, 3.8) is 0 Å². The third-order valence-electron chi connectivity index (χ3n) is 4.86. The molecule has 0 aliphatic rings. The van der Waals surface area contributed by atoms with Gasteiger partial charge >= 0.3 is 6.01 Å². The number of phenols is 1. The van der Waals surface area contributed by atoms with Gasteiger partial charge in [-0.05, 0) is 49.4 Å². The second kappa shape index (κ2) is 11.9. The number of aryl methyl sites for hydroxylation is 1. The van der Waals surface area contributed by atoms with E-state index in [9.17, 15) is 19.8 Å². The number of nitrogens with one attached hydrogen (secondary N) is 1. The smallest absolute Gasteiger partial charge is 0.304 e. The van der Waals surface area contributed by atoms with Crippen LogP contribution in [0, 0.1) is 6.92 Å². The lowest BCUT2D eigenvalue weighted by Crippen LogP contribution is -2.33. The van der Waals surface area contributed by atoms with Crippen LogP contribution in [0.25, 0.3) is 0 Å². The molecule has 11 nitrogen and oxygen atoms in total. The highest BCUT2D eigenvalue weighted by atomic mass is 16.5. The highest BCUT2D eigenvalue weighted by molar-refractivity contribution is 5.95. The zero-order valence-electron chi connectivity index (χ0n) is 19.4. The third-order valence-corrected chi connectivity index (χ3v) is 4.86. The van der Waals surface area contributed by atoms with Gasteiger partial charge in [-0.15, -0.1) is 0 Å². The number of carbonyl (C=O) groups excluding carboxylic acids is 1. The largest absolute Gasteiger partial charge is 0.507 e. The fourth-order valence-corrected chi connectivity index (χ4v) is 2.99. The van der Waals surface area contributed by atoms with E-state index < -0.39 is 12.0 Å². The number of hydrogen-bond donors (Lipinski definition) is 4. The van der Waals surface area contributed by atoms with Gasteiger partial charge in [0.05, 0.1) is 5.56 Å². The standard InChI is InChI=1S/C24H28N4O7/c1-15-11-22(31)28(2)24(27-15)35-18-5-3-17(4-6-18)34-14-16(29)13-26-9-10-33-19-7-8-21(30)20(12-19)23(25)32/h3-8,11-12,16,26,29-30H,9-10,13-14H2,1-2H3,(H2,25,32). The molecule has 0 saturated heterocycles. The fraction of sp³-hybridized carbons (Fsp3) is 0.292. The van der Waals surface area contributed by atoms with E-state index in [1.165, 1.54) is 28.8 Å². The molecule has 5 N–H and O–H groups in total. The van der Waals surface area contributed by atoms with E-state index in [0.29, 0.717) is 29.5 Å². The number of primary amides is 1. The first-order chi connectivity index (χ1) is 16.7. The highest BCUT2D eigenvalue weighted by Crippen LogP contribution is 2.23. The summed E-state index contributed by atoms with van der Waals surface area (Å²) in [5, 5.41) is 22.7. The Balaban J connectivity index is 1.37. The van der Waals surface area contributed by atoms with Gasteiger partial charge in [0, 0.05) is 31.9 Å². The lowest BCUT2D eigenvalue weighted by molar-refractivity contribution is 0.0996. The minimum Gasteiger partial charge on any atom is -0.507 e. The van der Waals surface area contributed by atoms with E-state index in [-0.39, 0.29) is 42.6 Å². The molecule has 1 heterocycles. The minimum absolute atomic E-state index is 0.0138. The van der Waals surface area contributed by atoms with Crippen molar-refractivity contribution in [2.45, 2.75) is 13.0 Å². The second-order valence-electron chi connectivity index (χ2n) is 7.71. The highest BCUT2D eigenvalue weighted by Gasteiger charge is 2.10. The molecule has 1 amide bonds. The molecule has 11 heteroatoms. The zero-order chi connectivity index (χ0) is 25.4. The van der Waals surface area contributed by atoms with Crippen molar-refractivity contribution in [1.82, 2.24) is 14.9 Å². The lowest BCUT2D eigenvalue weighted by atomic mass is 10.2. The summed E-state index contributed by atoms with van der Waals surface area (Å²) in [6.07, 6.45) is -0.757. The van der Waals surface area contributed by atoms with Crippen LogP contribution in [0.3, 0.4) is 0 Å². The topological polar surface area (TPSA) is 158 Å². The van der Waals surface area contributed by atoms with E-state index in [2.05, 4.69) is 10.3 Å². The van der Waals surface area contributed by atoms with Crippen molar-refractivity contribution in [3.05, 3.63) is 70.1 Å². The van der Waals surface area contributed by atoms with Crippen LogP contribution in [-0.4, -0.2) is 58.1 Å². The number of benzene rings is 2. The van der Waals surface area contributed by atoms with Gasteiger partial charge in [0.25, 0.3) is 11.5 Å². The molecule has 0 radical (unpaired) electrons. The predicted octanol–water partition coefficient (Wildman–Crippen LogP) is 1.09. The summed E-state index contributed by atoms with van der Waals surface area (Å²) in [5.74, 6) is 0.484. The molecule has 0 fully saturated rings. The zero-order valence-corrected chi connectivity index (χ0v) is 19.4. The maximum atomic E-state index is 11.8. The Morgan fingerprint density at radius 1 is 1.11 bits per heavy atom. The monoisotopic (exact) mass is 484 g/mol. The van der Waals surface area contributed by atoms with Crippen LogP contribution in [0.2, 0.25) is 0 Å². The molecular formula is C24H28N4O7. The van der Waals surface area contributed by atoms with Crippen molar-refractivity contribution in [2.75, 3.05) is 26.3 Å². The average molecular weight is 485 g/mol. The Hall–Kier alpha value is -4.09. The van der Waals surface area contributed by atoms with E-state index in [4.69, 9.17) is 19.9 Å². The number of aromatic hydroxyl groups is 1. The van der Waals surface area contributed by atoms with Crippen molar-refractivity contribution in [1.29, 1.82) is 0 Å². The molecule has 1 aromatic heterocycles. The number of amides is 1. The fourth-order valence-electron chi connectivity index (χ4n) is 2.99. The summed E-state index contributed by atoms with van der Waals surface area (Å²) in [7, 11) is 1.58. The van der Waals surface area contributed by atoms with Gasteiger partial charge in [-0.2, -0.15) is 0 Å². The minimum atomic E-state index is -0.757. The van der Waals surface area contributed by atoms with Crippen LogP contribution >= 0.6 is 0 Å². The molecule has 0 aliphatic carbocycles. The molecule has 1 atom stereocenters. The number of carbonyl (C=O) groups is 1. The molecule has 186 valence electrons. The molecule has 1 unspecified atom stereocenters. The quantitative estimate of drug-likeness (QED) is 0.276. The summed E-state index contributed by atoms with van der Waals surface area (Å²) < 4.78 is 18.1. The van der Waals surface area contributed by atoms with Crippen molar-refractivity contribution >= 4 is 5.91 Å². The van der Waals surface area contributed by atoms with Crippen LogP contribution in [0.4, 0.5) is 0 Å². The molecule has 0 saturated carbocycles. The van der Waals surface area contributed by atoms with E-state index >= 15 is 0 Å². The van der Waals surface area contributed by atoms with Gasteiger partial charge in [0.15, 0.2) is 0 Å². The molecule has 0 bridgehead atoms. The average Bonchev–Trinajstić information content (AvgIpc) is 2.82. The Morgan fingerprint density at radius 3 is 2.51 bits per heavy atom. The van der Waals surface area contributed by atoms with Crippen LogP contribution in [0.15, 0.2) is 53.3 Å². The number of nitrogens with zero attached hydrogens (tertiary/aromatic N) is 2. The lowest BCUT2D eigenvalue weighted by Gasteiger charge is -2.14. The molecule has 0 spiro atoms. The Labute approximate surface area is 201 Å². The predicted molar refractivity (Wildman–Crippen MR) is 127 cm³/mol. The molecule has 0 aliphatic heterocycles. The number of ether oxygens (including phenoxy) is 3. The molecule has 3 rings (SSSR count). The van der Waals surface area contributed by atoms with Crippen LogP contribution in [-0.2, 0) is 7.05 Å². The number of hydrogen-bond acceptors (Lipinski definition) is 9. The second-order valence-corrected chi connectivity index (χ2v) is 7.71. The van der Waals surface area contributed by atoms with Crippen molar-refractivity contribution in [2.24, 2.45) is 12.8 Å². The maximum absolute atomic E-state index is 11.8. The van der Waals surface area contributed by atoms with Gasteiger partial charge in [-0.25, -0.2) is 4.98 Å². The van der Waals surface area contributed by atoms with E-state index in [1.54, 1.807) is 38.2 Å². The van der Waals surface area contributed by atoms with Crippen molar-refractivity contribution in [3.8, 4) is 29.0 Å². The third kappa shape index (κ3) is 7.45. The number of rotatable bonds is 12. The summed E-state index contributed by atoms with van der Waals surface area (Å²) in [6, 6.07) is 12.6. The molecule has 2 aromatic carbocycles. The molecule has 35 heavy (non-hydrogen) atoms. The number of aliphatic hydroxyl groups is 1. The Kier molecular flexibility index (Phi) is 8.65. The SMILES string of the molecule is Cc1cc(=O)n(C)c(Oc2ccc(OCC(O)CNCCOc3ccc(O)c(C(N)=O)c3)cc2)n1. The Morgan fingerprint density at radius 2 is 1.80 bits per heavy atom. The summed E-state index contributed by atoms with van der Waals surface area (Å²) in [6.45, 7) is 2.78. The number of aliphatic hydroxyl groups excluding tert-OH is 1. The van der Waals surface area contributed by atoms with Crippen molar-refractivity contribution < 1.29 is 29.2 Å². The van der Waals surface area contributed by atoms with Crippen LogP contribution in [0.1, 0.15) is 16.1 Å². The van der Waals surface area contributed by atoms with E-state index in [1.807, 2.05) is 0 Å². The maximum Gasteiger partial charge on any atom is 0.304 e. The van der Waals surface area contributed by atoms with Gasteiger partial charge in [0.2, 0.25) is 0 Å². The molecular weight excluding hydrogens is 456 g/mol. The summed E-state index contributed by atoms with van der Waals surface area (Å²) in [4.78, 5) is 27.3.